The van der Waals surface area contributed by atoms with E-state index in [4.69, 9.17) is 9.47 Å². The fraction of sp³-hybridized carbons (Fsp3) is 0.150. The fourth-order valence-electron chi connectivity index (χ4n) is 2.58. The number of benzene rings is 2. The molecule has 0 saturated carbocycles. The van der Waals surface area contributed by atoms with Gasteiger partial charge in [-0.3, -0.25) is 4.57 Å². The number of ether oxygens (including phenoxy) is 2. The van der Waals surface area contributed by atoms with Gasteiger partial charge in [-0.2, -0.15) is 0 Å². The number of nitrogens with zero attached hydrogens (tertiary/aromatic N) is 2. The standard InChI is InChI=1S/C20H18N2O4S/c1-25-18(23)15-8-6-7-14(11-15)13-26-19(24)17-12-21-20(27-2)22(17)16-9-4-3-5-10-16/h3-12H,13H2,1-2H3. The van der Waals surface area contributed by atoms with Crippen molar-refractivity contribution in [2.45, 2.75) is 11.8 Å². The summed E-state index contributed by atoms with van der Waals surface area (Å²) < 4.78 is 11.9. The fourth-order valence-corrected chi connectivity index (χ4v) is 3.12. The number of para-hydroxylation sites is 1. The summed E-state index contributed by atoms with van der Waals surface area (Å²) in [6.45, 7) is 0.0399. The second-order valence-electron chi connectivity index (χ2n) is 5.57. The van der Waals surface area contributed by atoms with Crippen molar-refractivity contribution in [1.29, 1.82) is 0 Å². The summed E-state index contributed by atoms with van der Waals surface area (Å²) in [4.78, 5) is 28.6. The van der Waals surface area contributed by atoms with Crippen molar-refractivity contribution in [3.63, 3.8) is 0 Å². The molecule has 138 valence electrons. The Morgan fingerprint density at radius 2 is 1.85 bits per heavy atom. The Labute approximate surface area is 161 Å². The van der Waals surface area contributed by atoms with Crippen molar-refractivity contribution in [3.8, 4) is 5.69 Å². The van der Waals surface area contributed by atoms with Crippen molar-refractivity contribution >= 4 is 23.7 Å². The summed E-state index contributed by atoms with van der Waals surface area (Å²) in [6, 6.07) is 16.3. The second-order valence-corrected chi connectivity index (χ2v) is 6.34. The third kappa shape index (κ3) is 4.20. The van der Waals surface area contributed by atoms with Crippen molar-refractivity contribution in [2.75, 3.05) is 13.4 Å². The van der Waals surface area contributed by atoms with E-state index >= 15 is 0 Å². The molecule has 3 rings (SSSR count). The Bertz CT molecular complexity index is 954. The van der Waals surface area contributed by atoms with E-state index < -0.39 is 11.9 Å². The molecule has 0 aliphatic heterocycles. The molecule has 1 heterocycles. The number of imidazole rings is 1. The van der Waals surface area contributed by atoms with Gasteiger partial charge in [0.2, 0.25) is 0 Å². The molecule has 0 aliphatic carbocycles. The summed E-state index contributed by atoms with van der Waals surface area (Å²) in [5.41, 5.74) is 2.28. The number of hydrogen-bond acceptors (Lipinski definition) is 6. The van der Waals surface area contributed by atoms with E-state index in [1.165, 1.54) is 25.1 Å². The van der Waals surface area contributed by atoms with Crippen molar-refractivity contribution in [1.82, 2.24) is 9.55 Å². The Balaban J connectivity index is 1.80. The molecule has 0 spiro atoms. The van der Waals surface area contributed by atoms with Crippen LogP contribution in [0.15, 0.2) is 66.0 Å². The van der Waals surface area contributed by atoms with E-state index in [2.05, 4.69) is 4.98 Å². The maximum atomic E-state index is 12.6. The smallest absolute Gasteiger partial charge is 0.357 e. The zero-order valence-corrected chi connectivity index (χ0v) is 15.7. The van der Waals surface area contributed by atoms with Crippen LogP contribution in [0.5, 0.6) is 0 Å². The maximum Gasteiger partial charge on any atom is 0.357 e. The minimum atomic E-state index is -0.491. The number of thioether (sulfide) groups is 1. The van der Waals surface area contributed by atoms with E-state index in [1.807, 2.05) is 36.6 Å². The van der Waals surface area contributed by atoms with Gasteiger partial charge >= 0.3 is 11.9 Å². The van der Waals surface area contributed by atoms with Crippen LogP contribution in [0.3, 0.4) is 0 Å². The molecular weight excluding hydrogens is 364 g/mol. The highest BCUT2D eigenvalue weighted by Gasteiger charge is 2.19. The molecule has 0 fully saturated rings. The van der Waals surface area contributed by atoms with Crippen LogP contribution in [-0.4, -0.2) is 34.9 Å². The Hall–Kier alpha value is -3.06. The van der Waals surface area contributed by atoms with Gasteiger partial charge in [-0.15, -0.1) is 0 Å². The molecule has 0 aliphatic rings. The molecule has 2 aromatic carbocycles. The van der Waals surface area contributed by atoms with E-state index in [9.17, 15) is 9.59 Å². The van der Waals surface area contributed by atoms with Crippen molar-refractivity contribution in [3.05, 3.63) is 77.6 Å². The maximum absolute atomic E-state index is 12.6. The van der Waals surface area contributed by atoms with Crippen LogP contribution in [0, 0.1) is 0 Å². The van der Waals surface area contributed by atoms with Crippen LogP contribution in [0.25, 0.3) is 5.69 Å². The molecule has 27 heavy (non-hydrogen) atoms. The summed E-state index contributed by atoms with van der Waals surface area (Å²) >= 11 is 1.44. The zero-order valence-electron chi connectivity index (χ0n) is 14.9. The monoisotopic (exact) mass is 382 g/mol. The molecule has 0 unspecified atom stereocenters. The topological polar surface area (TPSA) is 70.4 Å². The van der Waals surface area contributed by atoms with Gasteiger partial charge in [0.25, 0.3) is 0 Å². The Morgan fingerprint density at radius 1 is 1.07 bits per heavy atom. The van der Waals surface area contributed by atoms with E-state index in [0.29, 0.717) is 22.0 Å². The van der Waals surface area contributed by atoms with Crippen molar-refractivity contribution in [2.24, 2.45) is 0 Å². The molecule has 6 nitrogen and oxygen atoms in total. The number of carbonyl (C=O) groups excluding carboxylic acids is 2. The number of methoxy groups -OCH3 is 1. The van der Waals surface area contributed by atoms with Gasteiger partial charge in [0.05, 0.1) is 18.9 Å². The van der Waals surface area contributed by atoms with Gasteiger partial charge in [0, 0.05) is 5.69 Å². The lowest BCUT2D eigenvalue weighted by Crippen LogP contribution is -2.12. The number of esters is 2. The largest absolute Gasteiger partial charge is 0.465 e. The van der Waals surface area contributed by atoms with Crippen LogP contribution < -0.4 is 0 Å². The molecular formula is C20H18N2O4S. The Morgan fingerprint density at radius 3 is 2.56 bits per heavy atom. The van der Waals surface area contributed by atoms with Gasteiger partial charge in [-0.1, -0.05) is 42.1 Å². The van der Waals surface area contributed by atoms with Crippen LogP contribution in [0.1, 0.15) is 26.4 Å². The molecule has 0 radical (unpaired) electrons. The van der Waals surface area contributed by atoms with Crippen LogP contribution in [0.4, 0.5) is 0 Å². The van der Waals surface area contributed by atoms with E-state index in [-0.39, 0.29) is 6.61 Å². The summed E-state index contributed by atoms with van der Waals surface area (Å²) in [5, 5.41) is 0.695. The predicted octanol–water partition coefficient (Wildman–Crippen LogP) is 3.74. The number of hydrogen-bond donors (Lipinski definition) is 0. The van der Waals surface area contributed by atoms with Gasteiger partial charge in [0.1, 0.15) is 6.61 Å². The molecule has 0 atom stereocenters. The van der Waals surface area contributed by atoms with Crippen LogP contribution in [-0.2, 0) is 16.1 Å². The van der Waals surface area contributed by atoms with Gasteiger partial charge in [0.15, 0.2) is 10.9 Å². The predicted molar refractivity (Wildman–Crippen MR) is 102 cm³/mol. The van der Waals surface area contributed by atoms with Crippen molar-refractivity contribution < 1.29 is 19.1 Å². The highest BCUT2D eigenvalue weighted by Crippen LogP contribution is 2.22. The number of aromatic nitrogens is 2. The van der Waals surface area contributed by atoms with E-state index in [0.717, 1.165) is 5.69 Å². The minimum Gasteiger partial charge on any atom is -0.465 e. The molecule has 0 bridgehead atoms. The average Bonchev–Trinajstić information content (AvgIpc) is 3.16. The molecule has 0 N–H and O–H groups in total. The lowest BCUT2D eigenvalue weighted by molar-refractivity contribution is 0.0462. The first-order valence-corrected chi connectivity index (χ1v) is 9.38. The van der Waals surface area contributed by atoms with Gasteiger partial charge in [-0.05, 0) is 36.1 Å². The lowest BCUT2D eigenvalue weighted by Gasteiger charge is -2.11. The van der Waals surface area contributed by atoms with E-state index in [1.54, 1.807) is 28.8 Å². The average molecular weight is 382 g/mol. The highest BCUT2D eigenvalue weighted by atomic mass is 32.2. The first-order chi connectivity index (χ1) is 13.1. The first kappa shape index (κ1) is 18.7. The molecule has 0 saturated heterocycles. The molecule has 3 aromatic rings. The minimum absolute atomic E-state index is 0.0399. The number of rotatable bonds is 6. The third-order valence-corrected chi connectivity index (χ3v) is 4.51. The molecule has 1 aromatic heterocycles. The normalized spacial score (nSPS) is 10.4. The third-order valence-electron chi connectivity index (χ3n) is 3.85. The number of carbonyl (C=O) groups is 2. The second kappa shape index (κ2) is 8.55. The quantitative estimate of drug-likeness (QED) is 0.478. The zero-order chi connectivity index (χ0) is 19.2. The molecule has 0 amide bonds. The van der Waals surface area contributed by atoms with Gasteiger partial charge in [-0.25, -0.2) is 14.6 Å². The van der Waals surface area contributed by atoms with Gasteiger partial charge < -0.3 is 9.47 Å². The summed E-state index contributed by atoms with van der Waals surface area (Å²) in [5.74, 6) is -0.926. The Kier molecular flexibility index (Phi) is 5.93. The molecule has 7 heteroatoms. The lowest BCUT2D eigenvalue weighted by atomic mass is 10.1. The first-order valence-electron chi connectivity index (χ1n) is 8.15. The van der Waals surface area contributed by atoms with Crippen LogP contribution in [0.2, 0.25) is 0 Å². The SMILES string of the molecule is COC(=O)c1cccc(COC(=O)c2cnc(SC)n2-c2ccccc2)c1. The van der Waals surface area contributed by atoms with Crippen LogP contribution >= 0.6 is 11.8 Å². The summed E-state index contributed by atoms with van der Waals surface area (Å²) in [6.07, 6.45) is 3.40. The summed E-state index contributed by atoms with van der Waals surface area (Å²) in [7, 11) is 1.32. The highest BCUT2D eigenvalue weighted by molar-refractivity contribution is 7.98.